The Kier molecular flexibility index (Phi) is 6.08. The van der Waals surface area contributed by atoms with Crippen LogP contribution in [-0.4, -0.2) is 35.9 Å². The van der Waals surface area contributed by atoms with E-state index in [1.165, 1.54) is 36.3 Å². The Morgan fingerprint density at radius 2 is 2.05 bits per heavy atom. The maximum atomic E-state index is 12.2. The number of likely N-dealkylation sites (N-methyl/N-ethyl adjacent to an activating group) is 1. The van der Waals surface area contributed by atoms with Crippen LogP contribution in [0, 0.1) is 21.4 Å². The Morgan fingerprint density at radius 1 is 1.41 bits per heavy atom. The van der Waals surface area contributed by atoms with Crippen molar-refractivity contribution in [1.82, 2.24) is 4.90 Å². The summed E-state index contributed by atoms with van der Waals surface area (Å²) in [6.45, 7) is 4.58. The second-order valence-electron chi connectivity index (χ2n) is 4.37. The Hall–Kier alpha value is -2.88. The summed E-state index contributed by atoms with van der Waals surface area (Å²) in [6, 6.07) is 5.93. The average molecular weight is 303 g/mol. The molecule has 7 heteroatoms. The van der Waals surface area contributed by atoms with Crippen molar-refractivity contribution in [1.29, 1.82) is 5.26 Å². The van der Waals surface area contributed by atoms with Gasteiger partial charge in [-0.2, -0.15) is 5.26 Å². The summed E-state index contributed by atoms with van der Waals surface area (Å²) in [6.07, 6.45) is 1.33. The lowest BCUT2D eigenvalue weighted by molar-refractivity contribution is -0.384. The highest BCUT2D eigenvalue weighted by molar-refractivity contribution is 6.01. The Labute approximate surface area is 128 Å². The summed E-state index contributed by atoms with van der Waals surface area (Å²) in [5.74, 6) is -0.119. The van der Waals surface area contributed by atoms with E-state index < -0.39 is 10.8 Å². The third-order valence-corrected chi connectivity index (χ3v) is 3.07. The van der Waals surface area contributed by atoms with Crippen LogP contribution in [0.1, 0.15) is 19.4 Å². The first-order valence-corrected chi connectivity index (χ1v) is 6.71. The molecule has 0 saturated carbocycles. The van der Waals surface area contributed by atoms with Crippen molar-refractivity contribution < 1.29 is 14.5 Å². The summed E-state index contributed by atoms with van der Waals surface area (Å²) in [7, 11) is 1.39. The smallest absolute Gasteiger partial charge is 0.273 e. The number of nitriles is 1. The fourth-order valence-electron chi connectivity index (χ4n) is 1.90. The number of hydrogen-bond acceptors (Lipinski definition) is 5. The van der Waals surface area contributed by atoms with Crippen LogP contribution in [0.2, 0.25) is 0 Å². The van der Waals surface area contributed by atoms with E-state index in [1.54, 1.807) is 0 Å². The van der Waals surface area contributed by atoms with Gasteiger partial charge in [0.1, 0.15) is 17.4 Å². The SMILES string of the molecule is CCN(CC)C(=O)/C(C#N)=C/c1cc(OC)cc([N+](=O)[O-])c1. The highest BCUT2D eigenvalue weighted by Crippen LogP contribution is 2.24. The van der Waals surface area contributed by atoms with Crippen LogP contribution in [0.15, 0.2) is 23.8 Å². The van der Waals surface area contributed by atoms with Gasteiger partial charge in [-0.15, -0.1) is 0 Å². The van der Waals surface area contributed by atoms with Crippen LogP contribution in [0.5, 0.6) is 5.75 Å². The molecule has 0 aliphatic carbocycles. The minimum Gasteiger partial charge on any atom is -0.496 e. The van der Waals surface area contributed by atoms with E-state index in [2.05, 4.69) is 0 Å². The number of nitro benzene ring substituents is 1. The molecule has 0 aliphatic heterocycles. The lowest BCUT2D eigenvalue weighted by Gasteiger charge is -2.17. The number of non-ortho nitro benzene ring substituents is 1. The number of nitrogens with zero attached hydrogens (tertiary/aromatic N) is 3. The van der Waals surface area contributed by atoms with Gasteiger partial charge in [0, 0.05) is 19.2 Å². The molecule has 7 nitrogen and oxygen atoms in total. The zero-order valence-corrected chi connectivity index (χ0v) is 12.7. The molecule has 1 amide bonds. The second kappa shape index (κ2) is 7.78. The van der Waals surface area contributed by atoms with E-state index in [0.717, 1.165) is 0 Å². The van der Waals surface area contributed by atoms with Crippen LogP contribution in [0.4, 0.5) is 5.69 Å². The van der Waals surface area contributed by atoms with Crippen LogP contribution >= 0.6 is 0 Å². The molecule has 0 atom stereocenters. The number of hydrogen-bond donors (Lipinski definition) is 0. The van der Waals surface area contributed by atoms with Crippen LogP contribution in [0.3, 0.4) is 0 Å². The molecule has 0 bridgehead atoms. The van der Waals surface area contributed by atoms with Gasteiger partial charge in [-0.05, 0) is 31.6 Å². The van der Waals surface area contributed by atoms with Crippen molar-refractivity contribution in [3.05, 3.63) is 39.4 Å². The first-order valence-electron chi connectivity index (χ1n) is 6.71. The summed E-state index contributed by atoms with van der Waals surface area (Å²) in [5, 5.41) is 20.1. The first kappa shape index (κ1) is 17.2. The highest BCUT2D eigenvalue weighted by Gasteiger charge is 2.16. The second-order valence-corrected chi connectivity index (χ2v) is 4.37. The molecular weight excluding hydrogens is 286 g/mol. The zero-order chi connectivity index (χ0) is 16.7. The first-order chi connectivity index (χ1) is 10.5. The van der Waals surface area contributed by atoms with Gasteiger partial charge in [0.25, 0.3) is 11.6 Å². The molecule has 0 heterocycles. The summed E-state index contributed by atoms with van der Waals surface area (Å²) >= 11 is 0. The van der Waals surface area contributed by atoms with Crippen molar-refractivity contribution in [3.63, 3.8) is 0 Å². The Bertz CT molecular complexity index is 643. The maximum absolute atomic E-state index is 12.2. The molecule has 1 aromatic carbocycles. The molecule has 116 valence electrons. The molecular formula is C15H17N3O4. The number of ether oxygens (including phenoxy) is 1. The van der Waals surface area contributed by atoms with E-state index in [9.17, 15) is 20.2 Å². The van der Waals surface area contributed by atoms with Crippen LogP contribution in [-0.2, 0) is 4.79 Å². The molecule has 0 N–H and O–H groups in total. The quantitative estimate of drug-likeness (QED) is 0.348. The molecule has 22 heavy (non-hydrogen) atoms. The van der Waals surface area contributed by atoms with Crippen LogP contribution < -0.4 is 4.74 Å². The van der Waals surface area contributed by atoms with Gasteiger partial charge in [0.2, 0.25) is 0 Å². The van der Waals surface area contributed by atoms with Crippen molar-refractivity contribution in [2.75, 3.05) is 20.2 Å². The summed E-state index contributed by atoms with van der Waals surface area (Å²) < 4.78 is 5.00. The lowest BCUT2D eigenvalue weighted by Crippen LogP contribution is -2.31. The third-order valence-electron chi connectivity index (χ3n) is 3.07. The van der Waals surface area contributed by atoms with Gasteiger partial charge in [-0.1, -0.05) is 0 Å². The predicted molar refractivity (Wildman–Crippen MR) is 81.2 cm³/mol. The van der Waals surface area contributed by atoms with Gasteiger partial charge >= 0.3 is 0 Å². The fraction of sp³-hybridized carbons (Fsp3) is 0.333. The van der Waals surface area contributed by atoms with Gasteiger partial charge in [-0.3, -0.25) is 14.9 Å². The third kappa shape index (κ3) is 4.06. The van der Waals surface area contributed by atoms with Gasteiger partial charge < -0.3 is 9.64 Å². The van der Waals surface area contributed by atoms with E-state index >= 15 is 0 Å². The Morgan fingerprint density at radius 3 is 2.50 bits per heavy atom. The van der Waals surface area contributed by atoms with Gasteiger partial charge in [0.15, 0.2) is 0 Å². The van der Waals surface area contributed by atoms with Gasteiger partial charge in [0.05, 0.1) is 18.1 Å². The maximum Gasteiger partial charge on any atom is 0.273 e. The minimum atomic E-state index is -0.557. The lowest BCUT2D eigenvalue weighted by atomic mass is 10.1. The van der Waals surface area contributed by atoms with E-state index in [1.807, 2.05) is 19.9 Å². The van der Waals surface area contributed by atoms with Crippen LogP contribution in [0.25, 0.3) is 6.08 Å². The standard InChI is InChI=1S/C15H17N3O4/c1-4-17(5-2)15(19)12(10-16)6-11-7-13(18(20)21)9-14(8-11)22-3/h6-9H,4-5H2,1-3H3/b12-6+. The van der Waals surface area contributed by atoms with Crippen molar-refractivity contribution in [2.24, 2.45) is 0 Å². The number of amides is 1. The highest BCUT2D eigenvalue weighted by atomic mass is 16.6. The van der Waals surface area contributed by atoms with Gasteiger partial charge in [-0.25, -0.2) is 0 Å². The van der Waals surface area contributed by atoms with Crippen molar-refractivity contribution in [3.8, 4) is 11.8 Å². The topological polar surface area (TPSA) is 96.5 Å². The van der Waals surface area contributed by atoms with E-state index in [-0.39, 0.29) is 17.0 Å². The zero-order valence-electron chi connectivity index (χ0n) is 12.7. The predicted octanol–water partition coefficient (Wildman–Crippen LogP) is 2.38. The molecule has 0 aromatic heterocycles. The summed E-state index contributed by atoms with van der Waals surface area (Å²) in [4.78, 5) is 24.0. The Balaban J connectivity index is 3.28. The fourth-order valence-corrected chi connectivity index (χ4v) is 1.90. The molecule has 1 rings (SSSR count). The summed E-state index contributed by atoms with van der Waals surface area (Å²) in [5.41, 5.74) is 0.118. The average Bonchev–Trinajstić information content (AvgIpc) is 2.53. The number of nitro groups is 1. The molecule has 0 aliphatic rings. The number of benzene rings is 1. The molecule has 0 fully saturated rings. The van der Waals surface area contributed by atoms with Crippen molar-refractivity contribution >= 4 is 17.7 Å². The normalized spacial score (nSPS) is 10.7. The molecule has 0 unspecified atom stereocenters. The number of rotatable bonds is 6. The number of carbonyl (C=O) groups is 1. The number of carbonyl (C=O) groups excluding carboxylic acids is 1. The molecule has 1 aromatic rings. The molecule has 0 radical (unpaired) electrons. The van der Waals surface area contributed by atoms with E-state index in [4.69, 9.17) is 4.74 Å². The van der Waals surface area contributed by atoms with Crippen molar-refractivity contribution in [2.45, 2.75) is 13.8 Å². The number of methoxy groups -OCH3 is 1. The monoisotopic (exact) mass is 303 g/mol. The largest absolute Gasteiger partial charge is 0.496 e. The van der Waals surface area contributed by atoms with E-state index in [0.29, 0.717) is 18.7 Å². The molecule has 0 spiro atoms. The minimum absolute atomic E-state index is 0.0775. The molecule has 0 saturated heterocycles.